The van der Waals surface area contributed by atoms with Crippen LogP contribution in [-0.2, 0) is 0 Å². The van der Waals surface area contributed by atoms with Gasteiger partial charge in [0.05, 0.1) is 23.5 Å². The number of nitrogens with one attached hydrogen (secondary N) is 1. The standard InChI is InChI=1S/C13H11F2N3O2/c14-9-2-1-3-10(15)12(9)11(19)7-16-13(20)8-4-5-17-18-6-8/h1-6,11,19H,7H2,(H,16,20). The van der Waals surface area contributed by atoms with E-state index in [2.05, 4.69) is 15.5 Å². The molecule has 20 heavy (non-hydrogen) atoms. The average Bonchev–Trinajstić information content (AvgIpc) is 2.45. The number of amides is 1. The van der Waals surface area contributed by atoms with Crippen LogP contribution < -0.4 is 5.32 Å². The second-order valence-corrected chi connectivity index (χ2v) is 3.99. The van der Waals surface area contributed by atoms with Crippen LogP contribution in [-0.4, -0.2) is 27.8 Å². The maximum atomic E-state index is 13.4. The van der Waals surface area contributed by atoms with Crippen molar-refractivity contribution in [3.8, 4) is 0 Å². The van der Waals surface area contributed by atoms with Crippen molar-refractivity contribution in [1.82, 2.24) is 15.5 Å². The molecule has 0 spiro atoms. The van der Waals surface area contributed by atoms with Crippen LogP contribution in [0.5, 0.6) is 0 Å². The Morgan fingerprint density at radius 2 is 1.95 bits per heavy atom. The van der Waals surface area contributed by atoms with Gasteiger partial charge in [-0.15, -0.1) is 0 Å². The molecular formula is C13H11F2N3O2. The summed E-state index contributed by atoms with van der Waals surface area (Å²) in [6.45, 7) is -0.320. The van der Waals surface area contributed by atoms with Gasteiger partial charge < -0.3 is 10.4 Å². The van der Waals surface area contributed by atoms with E-state index in [0.717, 1.165) is 12.1 Å². The van der Waals surface area contributed by atoms with Gasteiger partial charge >= 0.3 is 0 Å². The molecule has 1 aromatic carbocycles. The zero-order valence-electron chi connectivity index (χ0n) is 10.3. The molecule has 0 bridgehead atoms. The van der Waals surface area contributed by atoms with Crippen LogP contribution in [0, 0.1) is 11.6 Å². The van der Waals surface area contributed by atoms with Crippen LogP contribution >= 0.6 is 0 Å². The zero-order valence-corrected chi connectivity index (χ0v) is 10.3. The SMILES string of the molecule is O=C(NCC(O)c1c(F)cccc1F)c1ccnnc1. The molecule has 1 aromatic heterocycles. The Hall–Kier alpha value is -2.41. The summed E-state index contributed by atoms with van der Waals surface area (Å²) in [6.07, 6.45) is 1.10. The summed E-state index contributed by atoms with van der Waals surface area (Å²) in [5.74, 6) is -2.25. The lowest BCUT2D eigenvalue weighted by molar-refractivity contribution is 0.0911. The predicted molar refractivity (Wildman–Crippen MR) is 65.7 cm³/mol. The number of carbonyl (C=O) groups excluding carboxylic acids is 1. The molecule has 0 fully saturated rings. The lowest BCUT2D eigenvalue weighted by atomic mass is 10.1. The van der Waals surface area contributed by atoms with Gasteiger partial charge in [-0.3, -0.25) is 4.79 Å². The fourth-order valence-electron chi connectivity index (χ4n) is 1.65. The van der Waals surface area contributed by atoms with Crippen molar-refractivity contribution in [2.24, 2.45) is 0 Å². The van der Waals surface area contributed by atoms with Crippen LogP contribution in [0.2, 0.25) is 0 Å². The first kappa shape index (κ1) is 14.0. The number of aliphatic hydroxyl groups is 1. The summed E-state index contributed by atoms with van der Waals surface area (Å²) < 4.78 is 26.8. The van der Waals surface area contributed by atoms with Crippen molar-refractivity contribution in [3.63, 3.8) is 0 Å². The first-order valence-electron chi connectivity index (χ1n) is 5.76. The van der Waals surface area contributed by atoms with Crippen molar-refractivity contribution in [3.05, 3.63) is 59.4 Å². The normalized spacial score (nSPS) is 11.9. The van der Waals surface area contributed by atoms with Gasteiger partial charge in [0.15, 0.2) is 0 Å². The van der Waals surface area contributed by atoms with Gasteiger partial charge in [0.1, 0.15) is 17.7 Å². The first-order chi connectivity index (χ1) is 9.59. The molecule has 1 atom stereocenters. The highest BCUT2D eigenvalue weighted by Gasteiger charge is 2.18. The molecule has 0 aliphatic carbocycles. The van der Waals surface area contributed by atoms with E-state index in [9.17, 15) is 18.7 Å². The number of aromatic nitrogens is 2. The van der Waals surface area contributed by atoms with Gasteiger partial charge in [0.2, 0.25) is 0 Å². The van der Waals surface area contributed by atoms with Crippen LogP contribution in [0.3, 0.4) is 0 Å². The highest BCUT2D eigenvalue weighted by Crippen LogP contribution is 2.19. The van der Waals surface area contributed by atoms with E-state index in [1.807, 2.05) is 0 Å². The van der Waals surface area contributed by atoms with Gasteiger partial charge in [0.25, 0.3) is 5.91 Å². The molecule has 1 heterocycles. The molecule has 0 radical (unpaired) electrons. The summed E-state index contributed by atoms with van der Waals surface area (Å²) >= 11 is 0. The van der Waals surface area contributed by atoms with Crippen LogP contribution in [0.4, 0.5) is 8.78 Å². The van der Waals surface area contributed by atoms with E-state index < -0.39 is 29.2 Å². The molecule has 0 saturated heterocycles. The minimum Gasteiger partial charge on any atom is -0.386 e. The Morgan fingerprint density at radius 1 is 1.25 bits per heavy atom. The van der Waals surface area contributed by atoms with Crippen molar-refractivity contribution >= 4 is 5.91 Å². The molecule has 7 heteroatoms. The number of aliphatic hydroxyl groups excluding tert-OH is 1. The lowest BCUT2D eigenvalue weighted by Gasteiger charge is -2.13. The number of carbonyl (C=O) groups is 1. The lowest BCUT2D eigenvalue weighted by Crippen LogP contribution is -2.29. The molecule has 1 amide bonds. The van der Waals surface area contributed by atoms with Crippen LogP contribution in [0.15, 0.2) is 36.7 Å². The monoisotopic (exact) mass is 279 g/mol. The minimum atomic E-state index is -1.48. The molecule has 1 unspecified atom stereocenters. The summed E-state index contributed by atoms with van der Waals surface area (Å²) in [7, 11) is 0. The minimum absolute atomic E-state index is 0.237. The summed E-state index contributed by atoms with van der Waals surface area (Å²) in [4.78, 5) is 11.7. The molecule has 0 aliphatic rings. The second-order valence-electron chi connectivity index (χ2n) is 3.99. The van der Waals surface area contributed by atoms with Gasteiger partial charge in [-0.05, 0) is 18.2 Å². The third-order valence-electron chi connectivity index (χ3n) is 2.64. The Labute approximate surface area is 113 Å². The number of hydrogen-bond donors (Lipinski definition) is 2. The van der Waals surface area contributed by atoms with E-state index in [1.165, 1.54) is 24.5 Å². The number of benzene rings is 1. The van der Waals surface area contributed by atoms with Gasteiger partial charge in [-0.25, -0.2) is 8.78 Å². The smallest absolute Gasteiger partial charge is 0.253 e. The van der Waals surface area contributed by atoms with E-state index in [-0.39, 0.29) is 12.1 Å². The van der Waals surface area contributed by atoms with Gasteiger partial charge in [-0.2, -0.15) is 10.2 Å². The van der Waals surface area contributed by atoms with Crippen molar-refractivity contribution < 1.29 is 18.7 Å². The number of halogens is 2. The van der Waals surface area contributed by atoms with E-state index >= 15 is 0 Å². The van der Waals surface area contributed by atoms with E-state index in [1.54, 1.807) is 0 Å². The van der Waals surface area contributed by atoms with E-state index in [4.69, 9.17) is 0 Å². The molecule has 0 aliphatic heterocycles. The second kappa shape index (κ2) is 6.16. The van der Waals surface area contributed by atoms with Crippen molar-refractivity contribution in [2.75, 3.05) is 6.54 Å². The largest absolute Gasteiger partial charge is 0.386 e. The predicted octanol–water partition coefficient (Wildman–Crippen LogP) is 1.22. The summed E-state index contributed by atoms with van der Waals surface area (Å²) in [6, 6.07) is 4.70. The number of hydrogen-bond acceptors (Lipinski definition) is 4. The van der Waals surface area contributed by atoms with Crippen LogP contribution in [0.25, 0.3) is 0 Å². The molecule has 2 aromatic rings. The highest BCUT2D eigenvalue weighted by atomic mass is 19.1. The van der Waals surface area contributed by atoms with Crippen molar-refractivity contribution in [2.45, 2.75) is 6.10 Å². The summed E-state index contributed by atoms with van der Waals surface area (Å²) in [5, 5.41) is 19.2. The fourth-order valence-corrected chi connectivity index (χ4v) is 1.65. The Balaban J connectivity index is 2.02. The summed E-state index contributed by atoms with van der Waals surface area (Å²) in [5.41, 5.74) is -0.234. The third-order valence-corrected chi connectivity index (χ3v) is 2.64. The van der Waals surface area contributed by atoms with Gasteiger partial charge in [-0.1, -0.05) is 6.07 Å². The van der Waals surface area contributed by atoms with Crippen molar-refractivity contribution in [1.29, 1.82) is 0 Å². The maximum absolute atomic E-state index is 13.4. The van der Waals surface area contributed by atoms with E-state index in [0.29, 0.717) is 0 Å². The fraction of sp³-hybridized carbons (Fsp3) is 0.154. The Morgan fingerprint density at radius 3 is 2.55 bits per heavy atom. The Kier molecular flexibility index (Phi) is 4.31. The van der Waals surface area contributed by atoms with Gasteiger partial charge in [0, 0.05) is 6.54 Å². The molecular weight excluding hydrogens is 268 g/mol. The Bertz CT molecular complexity index is 588. The highest BCUT2D eigenvalue weighted by molar-refractivity contribution is 5.93. The molecule has 0 saturated carbocycles. The first-order valence-corrected chi connectivity index (χ1v) is 5.76. The number of nitrogens with zero attached hydrogens (tertiary/aromatic N) is 2. The van der Waals surface area contributed by atoms with Crippen LogP contribution in [0.1, 0.15) is 22.0 Å². The third kappa shape index (κ3) is 3.12. The topological polar surface area (TPSA) is 75.1 Å². The molecule has 104 valence electrons. The molecule has 2 rings (SSSR count). The molecule has 2 N–H and O–H groups in total. The molecule has 5 nitrogen and oxygen atoms in total. The quantitative estimate of drug-likeness (QED) is 0.882. The number of rotatable bonds is 4. The maximum Gasteiger partial charge on any atom is 0.253 e. The average molecular weight is 279 g/mol. The zero-order chi connectivity index (χ0) is 14.5.